The number of carbonyl (C=O) groups excluding carboxylic acids is 3. The van der Waals surface area contributed by atoms with E-state index >= 15 is 0 Å². The molecule has 12 nitrogen and oxygen atoms in total. The molecule has 0 aliphatic carbocycles. The lowest BCUT2D eigenvalue weighted by atomic mass is 10.1. The Labute approximate surface area is 255 Å². The molecule has 0 bridgehead atoms. The first-order valence-electron chi connectivity index (χ1n) is 14.4. The van der Waals surface area contributed by atoms with Gasteiger partial charge in [0.05, 0.1) is 37.7 Å². The molecule has 0 spiro atoms. The summed E-state index contributed by atoms with van der Waals surface area (Å²) in [6.07, 6.45) is 3.75. The van der Waals surface area contributed by atoms with Gasteiger partial charge in [-0.25, -0.2) is 14.8 Å². The first-order valence-corrected chi connectivity index (χ1v) is 14.4. The molecule has 0 aliphatic heterocycles. The molecule has 4 aromatic rings. The second-order valence-corrected chi connectivity index (χ2v) is 10.0. The molecule has 4 rings (SSSR count). The Morgan fingerprint density at radius 2 is 1.82 bits per heavy atom. The van der Waals surface area contributed by atoms with Crippen LogP contribution >= 0.6 is 0 Å². The first kappa shape index (κ1) is 31.7. The largest absolute Gasteiger partial charge is 0.469 e. The van der Waals surface area contributed by atoms with Gasteiger partial charge in [-0.3, -0.25) is 14.5 Å². The topological polar surface area (TPSA) is 154 Å². The van der Waals surface area contributed by atoms with Crippen LogP contribution in [0.15, 0.2) is 71.9 Å². The van der Waals surface area contributed by atoms with Crippen molar-refractivity contribution in [1.29, 1.82) is 0 Å². The molecule has 0 fully saturated rings. The number of rotatable bonds is 13. The molecule has 0 radical (unpaired) electrons. The fourth-order valence-electron chi connectivity index (χ4n) is 4.48. The van der Waals surface area contributed by atoms with Gasteiger partial charge in [0, 0.05) is 36.6 Å². The molecular weight excluding hydrogens is 562 g/mol. The Hall–Kier alpha value is -5.26. The molecule has 0 atom stereocenters. The van der Waals surface area contributed by atoms with E-state index in [4.69, 9.17) is 20.2 Å². The number of aryl methyl sites for hydroxylation is 1. The molecule has 12 heteroatoms. The molecule has 2 heterocycles. The monoisotopic (exact) mass is 599 g/mol. The van der Waals surface area contributed by atoms with Gasteiger partial charge in [-0.1, -0.05) is 25.8 Å². The fraction of sp³-hybridized carbons (Fsp3) is 0.312. The van der Waals surface area contributed by atoms with Gasteiger partial charge < -0.3 is 25.1 Å². The maximum absolute atomic E-state index is 13.5. The molecule has 3 N–H and O–H groups in total. The number of anilines is 2. The number of nitrogens with two attached hydrogens (primary N) is 1. The smallest absolute Gasteiger partial charge is 0.435 e. The van der Waals surface area contributed by atoms with Crippen LogP contribution < -0.4 is 16.0 Å². The molecule has 230 valence electrons. The molecule has 44 heavy (non-hydrogen) atoms. The molecule has 0 unspecified atom stereocenters. The van der Waals surface area contributed by atoms with Gasteiger partial charge in [-0.15, -0.1) is 0 Å². The predicted octanol–water partition coefficient (Wildman–Crippen LogP) is 4.82. The van der Waals surface area contributed by atoms with Crippen molar-refractivity contribution >= 4 is 46.3 Å². The molecule has 0 saturated heterocycles. The van der Waals surface area contributed by atoms with E-state index in [9.17, 15) is 14.4 Å². The van der Waals surface area contributed by atoms with E-state index in [0.29, 0.717) is 35.6 Å². The van der Waals surface area contributed by atoms with Gasteiger partial charge in [0.25, 0.3) is 5.91 Å². The van der Waals surface area contributed by atoms with Crippen LogP contribution in [0.5, 0.6) is 0 Å². The van der Waals surface area contributed by atoms with E-state index in [0.717, 1.165) is 36.3 Å². The van der Waals surface area contributed by atoms with Crippen LogP contribution in [0.25, 0.3) is 11.0 Å². The van der Waals surface area contributed by atoms with Crippen molar-refractivity contribution in [3.05, 3.63) is 83.8 Å². The molecule has 2 aromatic heterocycles. The SMILES string of the molecule is CCCCCOC(=O)/N=C(\N)c1ccc(NCc2nc3cc(C(=O)N(CCC(=O)OC)c4ccccn4)ccc3n2C)cc1. The van der Waals surface area contributed by atoms with Gasteiger partial charge >= 0.3 is 12.1 Å². The summed E-state index contributed by atoms with van der Waals surface area (Å²) in [6, 6.07) is 17.8. The zero-order valence-electron chi connectivity index (χ0n) is 25.2. The van der Waals surface area contributed by atoms with Gasteiger partial charge in [0.2, 0.25) is 0 Å². The van der Waals surface area contributed by atoms with Crippen molar-refractivity contribution in [3.63, 3.8) is 0 Å². The standard InChI is InChI=1S/C32H37N7O5/c1-4-5-8-19-44-32(42)37-30(33)22-10-13-24(14-11-22)35-21-28-36-25-20-23(12-15-26(25)38(28)2)31(41)39(18-16-29(40)43-3)27-9-6-7-17-34-27/h6-7,9-15,17,20,35H,4-5,8,16,18-19,21H2,1-3H3,(H2,33,37,42). The van der Waals surface area contributed by atoms with E-state index < -0.39 is 12.1 Å². The van der Waals surface area contributed by atoms with Crippen LogP contribution in [-0.4, -0.2) is 58.6 Å². The summed E-state index contributed by atoms with van der Waals surface area (Å²) >= 11 is 0. The number of carbonyl (C=O) groups is 3. The van der Waals surface area contributed by atoms with Crippen molar-refractivity contribution < 1.29 is 23.9 Å². The molecule has 2 aromatic carbocycles. The highest BCUT2D eigenvalue weighted by Gasteiger charge is 2.21. The predicted molar refractivity (Wildman–Crippen MR) is 169 cm³/mol. The Bertz CT molecular complexity index is 1620. The number of esters is 1. The minimum atomic E-state index is -0.696. The van der Waals surface area contributed by atoms with Crippen LogP contribution in [0.1, 0.15) is 54.4 Å². The number of amidine groups is 1. The number of aromatic nitrogens is 3. The lowest BCUT2D eigenvalue weighted by Gasteiger charge is -2.21. The van der Waals surface area contributed by atoms with E-state index in [1.807, 2.05) is 29.8 Å². The van der Waals surface area contributed by atoms with Crippen molar-refractivity contribution in [3.8, 4) is 0 Å². The number of fused-ring (bicyclic) bond motifs is 1. The number of methoxy groups -OCH3 is 1. The van der Waals surface area contributed by atoms with Crippen LogP contribution in [0.2, 0.25) is 0 Å². The summed E-state index contributed by atoms with van der Waals surface area (Å²) in [4.78, 5) is 51.6. The molecule has 2 amide bonds. The highest BCUT2D eigenvalue weighted by Crippen LogP contribution is 2.21. The summed E-state index contributed by atoms with van der Waals surface area (Å²) in [7, 11) is 3.22. The van der Waals surface area contributed by atoms with Crippen LogP contribution in [0.3, 0.4) is 0 Å². The quantitative estimate of drug-likeness (QED) is 0.0952. The number of aliphatic imine (C=N–C) groups is 1. The number of benzene rings is 2. The zero-order valence-corrected chi connectivity index (χ0v) is 25.2. The summed E-state index contributed by atoms with van der Waals surface area (Å²) in [5, 5.41) is 3.34. The highest BCUT2D eigenvalue weighted by atomic mass is 16.5. The van der Waals surface area contributed by atoms with Crippen LogP contribution in [0.4, 0.5) is 16.3 Å². The Morgan fingerprint density at radius 1 is 1.05 bits per heavy atom. The molecule has 0 saturated carbocycles. The van der Waals surface area contributed by atoms with E-state index in [-0.39, 0.29) is 24.7 Å². The first-order chi connectivity index (χ1) is 21.3. The number of nitrogens with one attached hydrogen (secondary N) is 1. The van der Waals surface area contributed by atoms with Crippen molar-refractivity contribution in [1.82, 2.24) is 14.5 Å². The summed E-state index contributed by atoms with van der Waals surface area (Å²) in [5.41, 5.74) is 9.36. The van der Waals surface area contributed by atoms with Gasteiger partial charge in [-0.05, 0) is 61.0 Å². The number of unbranched alkanes of at least 4 members (excludes halogenated alkanes) is 2. The molecule has 0 aliphatic rings. The highest BCUT2D eigenvalue weighted by molar-refractivity contribution is 6.07. The average Bonchev–Trinajstić information content (AvgIpc) is 3.36. The van der Waals surface area contributed by atoms with E-state index in [1.165, 1.54) is 12.0 Å². The average molecular weight is 600 g/mol. The maximum Gasteiger partial charge on any atom is 0.435 e. The number of nitrogens with zero attached hydrogens (tertiary/aromatic N) is 5. The number of hydrogen-bond donors (Lipinski definition) is 2. The van der Waals surface area contributed by atoms with E-state index in [1.54, 1.807) is 48.7 Å². The van der Waals surface area contributed by atoms with Crippen LogP contribution in [-0.2, 0) is 27.9 Å². The second-order valence-electron chi connectivity index (χ2n) is 10.0. The number of amides is 2. The Morgan fingerprint density at radius 3 is 2.52 bits per heavy atom. The lowest BCUT2D eigenvalue weighted by molar-refractivity contribution is -0.140. The number of pyridine rings is 1. The number of ether oxygens (including phenoxy) is 2. The number of imidazole rings is 1. The van der Waals surface area contributed by atoms with Crippen molar-refractivity contribution in [2.75, 3.05) is 30.5 Å². The second kappa shape index (κ2) is 15.3. The minimum absolute atomic E-state index is 0.0342. The van der Waals surface area contributed by atoms with Gasteiger partial charge in [0.15, 0.2) is 0 Å². The third-order valence-electron chi connectivity index (χ3n) is 6.98. The third-order valence-corrected chi connectivity index (χ3v) is 6.98. The third kappa shape index (κ3) is 8.18. The normalized spacial score (nSPS) is 11.3. The maximum atomic E-state index is 13.5. The summed E-state index contributed by atoms with van der Waals surface area (Å²) in [6.45, 7) is 2.94. The summed E-state index contributed by atoms with van der Waals surface area (Å²) in [5.74, 6) is 0.568. The van der Waals surface area contributed by atoms with Gasteiger partial charge in [-0.2, -0.15) is 4.99 Å². The fourth-order valence-corrected chi connectivity index (χ4v) is 4.48. The van der Waals surface area contributed by atoms with Crippen molar-refractivity contribution in [2.24, 2.45) is 17.8 Å². The van der Waals surface area contributed by atoms with E-state index in [2.05, 4.69) is 22.2 Å². The minimum Gasteiger partial charge on any atom is -0.469 e. The Kier molecular flexibility index (Phi) is 11.0. The van der Waals surface area contributed by atoms with Crippen LogP contribution in [0, 0.1) is 0 Å². The zero-order chi connectivity index (χ0) is 31.5. The molecular formula is C32H37N7O5. The number of hydrogen-bond acceptors (Lipinski definition) is 8. The van der Waals surface area contributed by atoms with Crippen molar-refractivity contribution in [2.45, 2.75) is 39.2 Å². The van der Waals surface area contributed by atoms with Gasteiger partial charge in [0.1, 0.15) is 17.5 Å². The summed E-state index contributed by atoms with van der Waals surface area (Å²) < 4.78 is 11.8. The Balaban J connectivity index is 1.43. The lowest BCUT2D eigenvalue weighted by Crippen LogP contribution is -2.33.